The number of carbonyl (C=O) groups is 2. The number of aromatic nitrogens is 1. The topological polar surface area (TPSA) is 138 Å². The number of hydrogen-bond acceptors (Lipinski definition) is 5. The molecule has 4 aromatic rings. The molecule has 0 radical (unpaired) electrons. The molecule has 0 saturated carbocycles. The van der Waals surface area contributed by atoms with Gasteiger partial charge in [-0.25, -0.2) is 4.79 Å². The number of carbonyl (C=O) groups excluding carboxylic acids is 1. The van der Waals surface area contributed by atoms with E-state index < -0.39 is 16.8 Å². The van der Waals surface area contributed by atoms with Gasteiger partial charge < -0.3 is 15.0 Å². The number of hydrogen-bond donors (Lipinski definition) is 2. The van der Waals surface area contributed by atoms with Crippen molar-refractivity contribution >= 4 is 40.2 Å². The Labute approximate surface area is 199 Å². The number of fused-ring (bicyclic) bond motifs is 1. The number of nitro groups is 1. The first-order chi connectivity index (χ1) is 16.9. The highest BCUT2D eigenvalue weighted by molar-refractivity contribution is 6.11. The van der Waals surface area contributed by atoms with Gasteiger partial charge in [-0.1, -0.05) is 36.4 Å². The van der Waals surface area contributed by atoms with Gasteiger partial charge >= 0.3 is 5.97 Å². The largest absolute Gasteiger partial charge is 0.478 e. The van der Waals surface area contributed by atoms with E-state index in [-0.39, 0.29) is 22.5 Å². The van der Waals surface area contributed by atoms with Gasteiger partial charge in [0, 0.05) is 47.0 Å². The molecule has 0 atom stereocenters. The summed E-state index contributed by atoms with van der Waals surface area (Å²) in [5.41, 5.74) is 2.28. The summed E-state index contributed by atoms with van der Waals surface area (Å²) >= 11 is 0. The second-order valence-electron chi connectivity index (χ2n) is 7.67. The lowest BCUT2D eigenvalue weighted by Crippen LogP contribution is -2.13. The molecular weight excluding hydrogens is 448 g/mol. The molecule has 4 rings (SSSR count). The number of nitriles is 1. The van der Waals surface area contributed by atoms with E-state index in [2.05, 4.69) is 5.32 Å². The number of rotatable bonds is 7. The van der Waals surface area contributed by atoms with E-state index in [1.54, 1.807) is 18.3 Å². The van der Waals surface area contributed by atoms with Crippen molar-refractivity contribution in [2.45, 2.75) is 6.54 Å². The van der Waals surface area contributed by atoms with Crippen LogP contribution in [-0.2, 0) is 11.3 Å². The molecule has 0 aliphatic carbocycles. The quantitative estimate of drug-likeness (QED) is 0.173. The standard InChI is InChI=1S/C26H18N4O5/c27-14-19(25(31)28-21-7-4-6-18(13-21)26(32)33)12-20-16-29(24-10-2-1-9-23(20)24)15-17-5-3-8-22(11-17)30(34)35/h1-13,16H,15H2,(H,28,31)(H,32,33). The minimum Gasteiger partial charge on any atom is -0.478 e. The number of carboxylic acids is 1. The van der Waals surface area contributed by atoms with Crippen LogP contribution in [0.1, 0.15) is 21.5 Å². The Hall–Kier alpha value is -5.23. The highest BCUT2D eigenvalue weighted by Crippen LogP contribution is 2.25. The molecule has 1 aromatic heterocycles. The van der Waals surface area contributed by atoms with Gasteiger partial charge in [-0.15, -0.1) is 0 Å². The Morgan fingerprint density at radius 1 is 1.09 bits per heavy atom. The molecule has 0 spiro atoms. The van der Waals surface area contributed by atoms with Gasteiger partial charge in [0.15, 0.2) is 0 Å². The molecule has 0 aliphatic rings. The molecule has 3 aromatic carbocycles. The van der Waals surface area contributed by atoms with Gasteiger partial charge in [0.05, 0.1) is 10.5 Å². The summed E-state index contributed by atoms with van der Waals surface area (Å²) in [6.45, 7) is 0.353. The van der Waals surface area contributed by atoms with E-state index in [9.17, 15) is 25.0 Å². The average Bonchev–Trinajstić information content (AvgIpc) is 3.19. The molecule has 0 aliphatic heterocycles. The third kappa shape index (κ3) is 5.07. The molecule has 0 saturated heterocycles. The fourth-order valence-electron chi connectivity index (χ4n) is 3.72. The van der Waals surface area contributed by atoms with Crippen LogP contribution in [-0.4, -0.2) is 26.5 Å². The normalized spacial score (nSPS) is 11.1. The van der Waals surface area contributed by atoms with Crippen molar-refractivity contribution in [3.8, 4) is 6.07 Å². The van der Waals surface area contributed by atoms with Crippen LogP contribution in [0, 0.1) is 21.4 Å². The van der Waals surface area contributed by atoms with E-state index in [0.29, 0.717) is 12.1 Å². The molecule has 1 heterocycles. The van der Waals surface area contributed by atoms with Crippen molar-refractivity contribution in [3.05, 3.63) is 111 Å². The van der Waals surface area contributed by atoms with Gasteiger partial charge in [0.25, 0.3) is 11.6 Å². The van der Waals surface area contributed by atoms with E-state index in [4.69, 9.17) is 5.11 Å². The highest BCUT2D eigenvalue weighted by Gasteiger charge is 2.14. The van der Waals surface area contributed by atoms with Gasteiger partial charge in [0.2, 0.25) is 0 Å². The zero-order valence-corrected chi connectivity index (χ0v) is 18.2. The molecular formula is C26H18N4O5. The molecule has 172 valence electrons. The number of para-hydroxylation sites is 1. The number of benzene rings is 3. The van der Waals surface area contributed by atoms with Gasteiger partial charge in [-0.3, -0.25) is 14.9 Å². The number of nitrogens with one attached hydrogen (secondary N) is 1. The maximum absolute atomic E-state index is 12.7. The van der Waals surface area contributed by atoms with Crippen LogP contribution >= 0.6 is 0 Å². The smallest absolute Gasteiger partial charge is 0.335 e. The molecule has 0 bridgehead atoms. The number of non-ortho nitro benzene ring substituents is 1. The maximum atomic E-state index is 12.7. The third-order valence-corrected chi connectivity index (χ3v) is 5.33. The average molecular weight is 466 g/mol. The van der Waals surface area contributed by atoms with Gasteiger partial charge in [-0.05, 0) is 35.9 Å². The van der Waals surface area contributed by atoms with Gasteiger partial charge in [-0.2, -0.15) is 5.26 Å². The molecule has 0 unspecified atom stereocenters. The number of nitrogens with zero attached hydrogens (tertiary/aromatic N) is 3. The van der Waals surface area contributed by atoms with Crippen molar-refractivity contribution < 1.29 is 19.6 Å². The Morgan fingerprint density at radius 3 is 2.60 bits per heavy atom. The first-order valence-electron chi connectivity index (χ1n) is 10.4. The van der Waals surface area contributed by atoms with Crippen LogP contribution in [0.2, 0.25) is 0 Å². The second-order valence-corrected chi connectivity index (χ2v) is 7.67. The first-order valence-corrected chi connectivity index (χ1v) is 10.4. The predicted octanol–water partition coefficient (Wildman–Crippen LogP) is 4.84. The minimum absolute atomic E-state index is 0.00511. The summed E-state index contributed by atoms with van der Waals surface area (Å²) < 4.78 is 1.89. The fourth-order valence-corrected chi connectivity index (χ4v) is 3.72. The number of anilines is 1. The Morgan fingerprint density at radius 2 is 1.86 bits per heavy atom. The summed E-state index contributed by atoms with van der Waals surface area (Å²) in [5.74, 6) is -1.81. The Bertz CT molecular complexity index is 1540. The fraction of sp³-hybridized carbons (Fsp3) is 0.0385. The lowest BCUT2D eigenvalue weighted by Gasteiger charge is -2.05. The summed E-state index contributed by atoms with van der Waals surface area (Å²) in [6.07, 6.45) is 3.24. The predicted molar refractivity (Wildman–Crippen MR) is 130 cm³/mol. The zero-order valence-electron chi connectivity index (χ0n) is 18.2. The first kappa shape index (κ1) is 22.9. The SMILES string of the molecule is N#CC(=Cc1cn(Cc2cccc([N+](=O)[O-])c2)c2ccccc12)C(=O)Nc1cccc(C(=O)O)c1. The van der Waals surface area contributed by atoms with E-state index in [1.165, 1.54) is 42.5 Å². The number of carboxylic acid groups (broad SMARTS) is 1. The number of amides is 1. The number of aromatic carboxylic acids is 1. The van der Waals surface area contributed by atoms with Gasteiger partial charge in [0.1, 0.15) is 11.6 Å². The Balaban J connectivity index is 1.67. The monoisotopic (exact) mass is 466 g/mol. The lowest BCUT2D eigenvalue weighted by atomic mass is 10.1. The summed E-state index contributed by atoms with van der Waals surface area (Å²) in [4.78, 5) is 34.6. The Kier molecular flexibility index (Phi) is 6.37. The van der Waals surface area contributed by atoms with Crippen LogP contribution < -0.4 is 5.32 Å². The zero-order chi connectivity index (χ0) is 24.9. The lowest BCUT2D eigenvalue weighted by molar-refractivity contribution is -0.384. The molecule has 2 N–H and O–H groups in total. The van der Waals surface area contributed by atoms with Crippen molar-refractivity contribution in [2.75, 3.05) is 5.32 Å². The summed E-state index contributed by atoms with van der Waals surface area (Å²) in [6, 6.07) is 21.4. The molecule has 1 amide bonds. The van der Waals surface area contributed by atoms with Crippen molar-refractivity contribution in [1.29, 1.82) is 5.26 Å². The van der Waals surface area contributed by atoms with Crippen LogP contribution in [0.4, 0.5) is 11.4 Å². The molecule has 35 heavy (non-hydrogen) atoms. The second kappa shape index (κ2) is 9.72. The molecule has 9 heteroatoms. The molecule has 0 fully saturated rings. The van der Waals surface area contributed by atoms with Crippen molar-refractivity contribution in [1.82, 2.24) is 4.57 Å². The van der Waals surface area contributed by atoms with Crippen LogP contribution in [0.15, 0.2) is 84.6 Å². The highest BCUT2D eigenvalue weighted by atomic mass is 16.6. The maximum Gasteiger partial charge on any atom is 0.335 e. The van der Waals surface area contributed by atoms with E-state index in [1.807, 2.05) is 34.9 Å². The summed E-state index contributed by atoms with van der Waals surface area (Å²) in [5, 5.41) is 33.2. The number of nitro benzene ring substituents is 1. The minimum atomic E-state index is -1.13. The van der Waals surface area contributed by atoms with Crippen LogP contribution in [0.5, 0.6) is 0 Å². The van der Waals surface area contributed by atoms with Crippen molar-refractivity contribution in [2.24, 2.45) is 0 Å². The van der Waals surface area contributed by atoms with E-state index in [0.717, 1.165) is 16.5 Å². The van der Waals surface area contributed by atoms with Crippen LogP contribution in [0.25, 0.3) is 17.0 Å². The van der Waals surface area contributed by atoms with Crippen LogP contribution in [0.3, 0.4) is 0 Å². The third-order valence-electron chi connectivity index (χ3n) is 5.33. The summed E-state index contributed by atoms with van der Waals surface area (Å²) in [7, 11) is 0. The van der Waals surface area contributed by atoms with E-state index >= 15 is 0 Å². The van der Waals surface area contributed by atoms with Crippen molar-refractivity contribution in [3.63, 3.8) is 0 Å². The molecule has 9 nitrogen and oxygen atoms in total.